The Morgan fingerprint density at radius 3 is 2.43 bits per heavy atom. The fourth-order valence-electron chi connectivity index (χ4n) is 3.19. The van der Waals surface area contributed by atoms with E-state index in [0.29, 0.717) is 16.9 Å². The van der Waals surface area contributed by atoms with E-state index in [1.165, 1.54) is 17.7 Å². The lowest BCUT2D eigenvalue weighted by molar-refractivity contribution is -0.385. The third-order valence-electron chi connectivity index (χ3n) is 5.19. The summed E-state index contributed by atoms with van der Waals surface area (Å²) in [6.07, 6.45) is 0. The molecule has 0 aliphatic heterocycles. The highest BCUT2D eigenvalue weighted by Crippen LogP contribution is 2.28. The average molecular weight is 482 g/mol. The Morgan fingerprint density at radius 2 is 1.77 bits per heavy atom. The lowest BCUT2D eigenvalue weighted by Gasteiger charge is -2.19. The molecule has 0 saturated carbocycles. The normalized spacial score (nSPS) is 11.1. The van der Waals surface area contributed by atoms with Crippen LogP contribution in [-0.4, -0.2) is 46.6 Å². The summed E-state index contributed by atoms with van der Waals surface area (Å²) in [5, 5.41) is 20.1. The number of hydrogen-bond donors (Lipinski definition) is 2. The summed E-state index contributed by atoms with van der Waals surface area (Å²) in [5.41, 5.74) is 1.87. The number of amides is 2. The Labute approximate surface area is 202 Å². The molecule has 0 spiro atoms. The summed E-state index contributed by atoms with van der Waals surface area (Å²) in [4.78, 5) is 38.9. The van der Waals surface area contributed by atoms with E-state index in [9.17, 15) is 19.7 Å². The smallest absolute Gasteiger partial charge is 0.316 e. The monoisotopic (exact) mass is 481 g/mol. The Bertz CT molecular complexity index is 1210. The molecule has 2 aromatic carbocycles. The number of rotatable bonds is 9. The summed E-state index contributed by atoms with van der Waals surface area (Å²) in [5.74, 6) is -0.596. The number of hydrogen-bond acceptors (Lipinski definition) is 8. The average Bonchev–Trinajstić information content (AvgIpc) is 3.30. The van der Waals surface area contributed by atoms with Gasteiger partial charge in [-0.15, -0.1) is 0 Å². The maximum Gasteiger partial charge on any atom is 0.316 e. The Balaban J connectivity index is 1.43. The maximum atomic E-state index is 12.2. The lowest BCUT2D eigenvalue weighted by Crippen LogP contribution is -2.36. The van der Waals surface area contributed by atoms with Gasteiger partial charge in [-0.2, -0.15) is 4.98 Å². The second kappa shape index (κ2) is 10.8. The highest BCUT2D eigenvalue weighted by Gasteiger charge is 2.20. The van der Waals surface area contributed by atoms with Crippen LogP contribution in [0.3, 0.4) is 0 Å². The Kier molecular flexibility index (Phi) is 7.80. The van der Waals surface area contributed by atoms with Crippen LogP contribution < -0.4 is 15.4 Å². The van der Waals surface area contributed by atoms with Gasteiger partial charge in [0.25, 0.3) is 11.6 Å². The van der Waals surface area contributed by atoms with Crippen LogP contribution in [0, 0.1) is 17.0 Å². The van der Waals surface area contributed by atoms with Crippen molar-refractivity contribution in [3.8, 4) is 17.1 Å². The highest BCUT2D eigenvalue weighted by molar-refractivity contribution is 5.90. The van der Waals surface area contributed by atoms with Gasteiger partial charge in [-0.25, -0.2) is 0 Å². The molecule has 1 heterocycles. The van der Waals surface area contributed by atoms with Gasteiger partial charge in [0.15, 0.2) is 6.61 Å². The van der Waals surface area contributed by atoms with Crippen LogP contribution in [0.4, 0.5) is 5.69 Å². The number of carbonyl (C=O) groups is 2. The van der Waals surface area contributed by atoms with Crippen molar-refractivity contribution in [2.45, 2.75) is 33.1 Å². The van der Waals surface area contributed by atoms with Crippen molar-refractivity contribution < 1.29 is 23.8 Å². The van der Waals surface area contributed by atoms with E-state index < -0.39 is 10.8 Å². The minimum absolute atomic E-state index is 0.0321. The number of carbonyl (C=O) groups excluding carboxylic acids is 2. The molecule has 2 amide bonds. The van der Waals surface area contributed by atoms with Gasteiger partial charge in [-0.3, -0.25) is 19.7 Å². The number of ether oxygens (including phenoxy) is 1. The van der Waals surface area contributed by atoms with Crippen LogP contribution in [0.5, 0.6) is 5.75 Å². The molecule has 35 heavy (non-hydrogen) atoms. The molecular weight excluding hydrogens is 454 g/mol. The van der Waals surface area contributed by atoms with Crippen LogP contribution in [0.25, 0.3) is 11.4 Å². The van der Waals surface area contributed by atoms with Gasteiger partial charge in [-0.05, 0) is 30.0 Å². The number of benzene rings is 2. The van der Waals surface area contributed by atoms with Crippen molar-refractivity contribution in [3.05, 3.63) is 69.6 Å². The second-order valence-corrected chi connectivity index (χ2v) is 8.80. The predicted octanol–water partition coefficient (Wildman–Crippen LogP) is 3.18. The number of aromatic nitrogens is 2. The molecule has 0 saturated heterocycles. The number of nitro benzene ring substituents is 1. The summed E-state index contributed by atoms with van der Waals surface area (Å²) >= 11 is 0. The largest absolute Gasteiger partial charge is 0.484 e. The molecule has 0 atom stereocenters. The zero-order chi connectivity index (χ0) is 25.6. The van der Waals surface area contributed by atoms with E-state index >= 15 is 0 Å². The molecule has 184 valence electrons. The summed E-state index contributed by atoms with van der Waals surface area (Å²) in [6.45, 7) is 8.05. The molecule has 0 bridgehead atoms. The van der Waals surface area contributed by atoms with Crippen molar-refractivity contribution in [1.29, 1.82) is 0 Å². The molecule has 0 aliphatic carbocycles. The van der Waals surface area contributed by atoms with Crippen molar-refractivity contribution in [1.82, 2.24) is 20.8 Å². The van der Waals surface area contributed by atoms with Crippen LogP contribution in [0.15, 0.2) is 47.0 Å². The maximum absolute atomic E-state index is 12.2. The molecule has 11 nitrogen and oxygen atoms in total. The SMILES string of the molecule is Cc1c(-c2noc(C(=O)NCCNC(=O)COc3ccc(C(C)(C)C)cc3)n2)cccc1[N+](=O)[O-]. The fourth-order valence-corrected chi connectivity index (χ4v) is 3.19. The lowest BCUT2D eigenvalue weighted by atomic mass is 9.87. The molecule has 0 unspecified atom stereocenters. The second-order valence-electron chi connectivity index (χ2n) is 8.80. The first-order valence-electron chi connectivity index (χ1n) is 10.9. The van der Waals surface area contributed by atoms with Gasteiger partial charge in [0.2, 0.25) is 5.82 Å². The summed E-state index contributed by atoms with van der Waals surface area (Å²) in [6, 6.07) is 12.0. The van der Waals surface area contributed by atoms with Crippen molar-refractivity contribution >= 4 is 17.5 Å². The zero-order valence-electron chi connectivity index (χ0n) is 20.0. The number of nitrogens with one attached hydrogen (secondary N) is 2. The van der Waals surface area contributed by atoms with Gasteiger partial charge in [-0.1, -0.05) is 50.2 Å². The predicted molar refractivity (Wildman–Crippen MR) is 127 cm³/mol. The quantitative estimate of drug-likeness (QED) is 0.269. The minimum atomic E-state index is -0.628. The Morgan fingerprint density at radius 1 is 1.09 bits per heavy atom. The van der Waals surface area contributed by atoms with Gasteiger partial charge in [0.05, 0.1) is 4.92 Å². The van der Waals surface area contributed by atoms with Gasteiger partial charge in [0.1, 0.15) is 5.75 Å². The molecule has 0 fully saturated rings. The fraction of sp³-hybridized carbons (Fsp3) is 0.333. The van der Waals surface area contributed by atoms with E-state index in [4.69, 9.17) is 9.26 Å². The molecule has 11 heteroatoms. The van der Waals surface area contributed by atoms with Crippen LogP contribution in [0.1, 0.15) is 42.6 Å². The van der Waals surface area contributed by atoms with E-state index in [0.717, 1.165) is 0 Å². The first-order valence-corrected chi connectivity index (χ1v) is 10.9. The molecule has 3 aromatic rings. The van der Waals surface area contributed by atoms with Crippen LogP contribution in [0.2, 0.25) is 0 Å². The minimum Gasteiger partial charge on any atom is -0.484 e. The summed E-state index contributed by atoms with van der Waals surface area (Å²) < 4.78 is 10.5. The molecule has 0 radical (unpaired) electrons. The van der Waals surface area contributed by atoms with E-state index in [1.54, 1.807) is 13.0 Å². The highest BCUT2D eigenvalue weighted by atomic mass is 16.6. The van der Waals surface area contributed by atoms with Gasteiger partial charge >= 0.3 is 11.8 Å². The molecule has 0 aliphatic rings. The molecular formula is C24H27N5O6. The van der Waals surface area contributed by atoms with Crippen LogP contribution >= 0.6 is 0 Å². The molecule has 2 N–H and O–H groups in total. The van der Waals surface area contributed by atoms with Crippen molar-refractivity contribution in [3.63, 3.8) is 0 Å². The van der Waals surface area contributed by atoms with Gasteiger partial charge < -0.3 is 19.9 Å². The number of nitro groups is 1. The standard InChI is InChI=1S/C24H27N5O6/c1-15-18(6-5-7-19(15)29(32)33)21-27-23(35-28-21)22(31)26-13-12-25-20(30)14-34-17-10-8-16(9-11-17)24(2,3)4/h5-11H,12-14H2,1-4H3,(H,25,30)(H,26,31). The Hall–Kier alpha value is -4.28. The van der Waals surface area contributed by atoms with Crippen molar-refractivity contribution in [2.75, 3.05) is 19.7 Å². The van der Waals surface area contributed by atoms with E-state index in [1.807, 2.05) is 24.3 Å². The van der Waals surface area contributed by atoms with Gasteiger partial charge in [0, 0.05) is 30.3 Å². The number of nitrogens with zero attached hydrogens (tertiary/aromatic N) is 3. The first kappa shape index (κ1) is 25.3. The summed E-state index contributed by atoms with van der Waals surface area (Å²) in [7, 11) is 0. The topological polar surface area (TPSA) is 149 Å². The van der Waals surface area contributed by atoms with Crippen LogP contribution in [-0.2, 0) is 10.2 Å². The van der Waals surface area contributed by atoms with E-state index in [2.05, 4.69) is 41.5 Å². The van der Waals surface area contributed by atoms with Crippen molar-refractivity contribution in [2.24, 2.45) is 0 Å². The molecule has 1 aromatic heterocycles. The zero-order valence-corrected chi connectivity index (χ0v) is 20.0. The third-order valence-corrected chi connectivity index (χ3v) is 5.19. The van der Waals surface area contributed by atoms with E-state index in [-0.39, 0.29) is 48.4 Å². The first-order chi connectivity index (χ1) is 16.6. The third kappa shape index (κ3) is 6.62. The molecule has 3 rings (SSSR count).